The molecule has 30 heavy (non-hydrogen) atoms. The number of benzene rings is 2. The van der Waals surface area contributed by atoms with Crippen LogP contribution in [0.1, 0.15) is 23.9 Å². The maximum atomic E-state index is 12.6. The standard InChI is InChI=1S/C22H22N4O2S2/c1-3-19(21(28)24-22-26-25-15(2)29-22)30-18-11-7-10-17(14-18)23-20(27)13-12-16-8-5-4-6-9-16/h4-14,19H,3H2,1-2H3,(H,23,27)(H,24,26,28)/b13-12+. The van der Waals surface area contributed by atoms with Gasteiger partial charge in [-0.05, 0) is 43.2 Å². The molecule has 3 rings (SSSR count). The Balaban J connectivity index is 1.60. The molecule has 1 unspecified atom stereocenters. The first-order valence-corrected chi connectivity index (χ1v) is 11.1. The van der Waals surface area contributed by atoms with E-state index in [9.17, 15) is 9.59 Å². The van der Waals surface area contributed by atoms with Gasteiger partial charge in [0.05, 0.1) is 5.25 Å². The fourth-order valence-electron chi connectivity index (χ4n) is 2.59. The fourth-order valence-corrected chi connectivity index (χ4v) is 4.19. The number of carbonyl (C=O) groups is 2. The lowest BCUT2D eigenvalue weighted by molar-refractivity contribution is -0.115. The molecule has 1 heterocycles. The monoisotopic (exact) mass is 438 g/mol. The summed E-state index contributed by atoms with van der Waals surface area (Å²) in [5.74, 6) is -0.323. The van der Waals surface area contributed by atoms with Crippen LogP contribution in [0.5, 0.6) is 0 Å². The first-order chi connectivity index (χ1) is 14.5. The second-order valence-electron chi connectivity index (χ2n) is 6.39. The third-order valence-electron chi connectivity index (χ3n) is 4.03. The first-order valence-electron chi connectivity index (χ1n) is 9.45. The maximum absolute atomic E-state index is 12.6. The van der Waals surface area contributed by atoms with Crippen molar-refractivity contribution in [2.75, 3.05) is 10.6 Å². The Bertz CT molecular complexity index is 1030. The lowest BCUT2D eigenvalue weighted by Gasteiger charge is -2.14. The molecule has 2 aromatic carbocycles. The minimum atomic E-state index is -0.280. The van der Waals surface area contributed by atoms with E-state index < -0.39 is 0 Å². The molecule has 8 heteroatoms. The van der Waals surface area contributed by atoms with Crippen LogP contribution in [0.25, 0.3) is 6.08 Å². The van der Waals surface area contributed by atoms with E-state index in [0.717, 1.165) is 15.5 Å². The molecular formula is C22H22N4O2S2. The van der Waals surface area contributed by atoms with E-state index in [-0.39, 0.29) is 17.1 Å². The van der Waals surface area contributed by atoms with Crippen molar-refractivity contribution in [2.24, 2.45) is 0 Å². The SMILES string of the molecule is CCC(Sc1cccc(NC(=O)/C=C/c2ccccc2)c1)C(=O)Nc1nnc(C)s1. The lowest BCUT2D eigenvalue weighted by Crippen LogP contribution is -2.24. The number of aryl methyl sites for hydroxylation is 1. The van der Waals surface area contributed by atoms with Gasteiger partial charge in [-0.3, -0.25) is 14.9 Å². The molecule has 0 aliphatic heterocycles. The number of hydrogen-bond acceptors (Lipinski definition) is 6. The number of anilines is 2. The van der Waals surface area contributed by atoms with Crippen LogP contribution >= 0.6 is 23.1 Å². The number of aromatic nitrogens is 2. The highest BCUT2D eigenvalue weighted by molar-refractivity contribution is 8.00. The Kier molecular flexibility index (Phi) is 7.75. The minimum absolute atomic E-state index is 0.112. The molecule has 0 saturated heterocycles. The predicted molar refractivity (Wildman–Crippen MR) is 124 cm³/mol. The second kappa shape index (κ2) is 10.7. The van der Waals surface area contributed by atoms with Gasteiger partial charge in [0.15, 0.2) is 0 Å². The smallest absolute Gasteiger partial charge is 0.248 e. The summed E-state index contributed by atoms with van der Waals surface area (Å²) in [5.41, 5.74) is 1.64. The zero-order chi connectivity index (χ0) is 21.3. The van der Waals surface area contributed by atoms with Gasteiger partial charge in [0, 0.05) is 16.7 Å². The van der Waals surface area contributed by atoms with Crippen molar-refractivity contribution in [2.45, 2.75) is 30.4 Å². The highest BCUT2D eigenvalue weighted by Crippen LogP contribution is 2.29. The molecule has 0 aliphatic carbocycles. The van der Waals surface area contributed by atoms with E-state index in [1.807, 2.05) is 68.4 Å². The van der Waals surface area contributed by atoms with Crippen LogP contribution in [0, 0.1) is 6.92 Å². The molecule has 0 bridgehead atoms. The van der Waals surface area contributed by atoms with Crippen LogP contribution in [0.4, 0.5) is 10.8 Å². The van der Waals surface area contributed by atoms with Crippen molar-refractivity contribution in [3.63, 3.8) is 0 Å². The third-order valence-corrected chi connectivity index (χ3v) is 6.14. The average molecular weight is 439 g/mol. The molecule has 0 spiro atoms. The van der Waals surface area contributed by atoms with Gasteiger partial charge in [-0.1, -0.05) is 54.7 Å². The quantitative estimate of drug-likeness (QED) is 0.382. The first kappa shape index (κ1) is 21.7. The number of nitrogens with one attached hydrogen (secondary N) is 2. The number of carbonyl (C=O) groups excluding carboxylic acids is 2. The zero-order valence-electron chi connectivity index (χ0n) is 16.7. The summed E-state index contributed by atoms with van der Waals surface area (Å²) in [7, 11) is 0. The molecule has 2 N–H and O–H groups in total. The Labute approximate surface area is 183 Å². The number of amides is 2. The predicted octanol–water partition coefficient (Wildman–Crippen LogP) is 5.01. The summed E-state index contributed by atoms with van der Waals surface area (Å²) in [4.78, 5) is 25.7. The highest BCUT2D eigenvalue weighted by Gasteiger charge is 2.19. The Hall–Kier alpha value is -2.97. The lowest BCUT2D eigenvalue weighted by atomic mass is 10.2. The number of thioether (sulfide) groups is 1. The van der Waals surface area contributed by atoms with Gasteiger partial charge in [0.1, 0.15) is 5.01 Å². The van der Waals surface area contributed by atoms with E-state index in [1.54, 1.807) is 6.08 Å². The summed E-state index contributed by atoms with van der Waals surface area (Å²) in [5, 5.41) is 14.6. The molecule has 1 atom stereocenters. The van der Waals surface area contributed by atoms with Gasteiger partial charge >= 0.3 is 0 Å². The van der Waals surface area contributed by atoms with Crippen LogP contribution in [0.3, 0.4) is 0 Å². The molecule has 0 saturated carbocycles. The van der Waals surface area contributed by atoms with Crippen molar-refractivity contribution in [3.8, 4) is 0 Å². The van der Waals surface area contributed by atoms with Gasteiger partial charge in [-0.2, -0.15) is 0 Å². The molecule has 0 radical (unpaired) electrons. The summed E-state index contributed by atoms with van der Waals surface area (Å²) in [6.45, 7) is 3.80. The highest BCUT2D eigenvalue weighted by atomic mass is 32.2. The van der Waals surface area contributed by atoms with E-state index in [2.05, 4.69) is 20.8 Å². The normalized spacial score (nSPS) is 11.9. The third kappa shape index (κ3) is 6.53. The van der Waals surface area contributed by atoms with E-state index >= 15 is 0 Å². The largest absolute Gasteiger partial charge is 0.322 e. The topological polar surface area (TPSA) is 84.0 Å². The number of rotatable bonds is 8. The molecular weight excluding hydrogens is 416 g/mol. The van der Waals surface area contributed by atoms with Crippen LogP contribution < -0.4 is 10.6 Å². The number of hydrogen-bond donors (Lipinski definition) is 2. The van der Waals surface area contributed by atoms with E-state index in [1.165, 1.54) is 29.2 Å². The van der Waals surface area contributed by atoms with Crippen molar-refractivity contribution in [1.82, 2.24) is 10.2 Å². The van der Waals surface area contributed by atoms with Crippen LogP contribution in [-0.4, -0.2) is 27.3 Å². The Morgan fingerprint density at radius 2 is 1.90 bits per heavy atom. The molecule has 154 valence electrons. The van der Waals surface area contributed by atoms with E-state index in [4.69, 9.17) is 0 Å². The summed E-state index contributed by atoms with van der Waals surface area (Å²) < 4.78 is 0. The molecule has 6 nitrogen and oxygen atoms in total. The molecule has 0 fully saturated rings. The van der Waals surface area contributed by atoms with Gasteiger partial charge in [0.2, 0.25) is 16.9 Å². The van der Waals surface area contributed by atoms with E-state index in [0.29, 0.717) is 17.2 Å². The van der Waals surface area contributed by atoms with Crippen LogP contribution in [-0.2, 0) is 9.59 Å². The minimum Gasteiger partial charge on any atom is -0.322 e. The molecule has 1 aromatic heterocycles. The van der Waals surface area contributed by atoms with Gasteiger partial charge < -0.3 is 5.32 Å². The summed E-state index contributed by atoms with van der Waals surface area (Å²) >= 11 is 2.79. The average Bonchev–Trinajstić information content (AvgIpc) is 3.16. The van der Waals surface area contributed by atoms with Crippen molar-refractivity contribution in [3.05, 3.63) is 71.2 Å². The van der Waals surface area contributed by atoms with Crippen molar-refractivity contribution >= 4 is 51.8 Å². The summed E-state index contributed by atoms with van der Waals surface area (Å²) in [6.07, 6.45) is 3.92. The van der Waals surface area contributed by atoms with Crippen LogP contribution in [0.2, 0.25) is 0 Å². The fraction of sp³-hybridized carbons (Fsp3) is 0.182. The Morgan fingerprint density at radius 3 is 2.60 bits per heavy atom. The van der Waals surface area contributed by atoms with Crippen LogP contribution in [0.15, 0.2) is 65.6 Å². The second-order valence-corrected chi connectivity index (χ2v) is 8.85. The van der Waals surface area contributed by atoms with Gasteiger partial charge in [-0.25, -0.2) is 0 Å². The Morgan fingerprint density at radius 1 is 1.10 bits per heavy atom. The molecule has 2 amide bonds. The molecule has 3 aromatic rings. The zero-order valence-corrected chi connectivity index (χ0v) is 18.3. The van der Waals surface area contributed by atoms with Gasteiger partial charge in [-0.15, -0.1) is 22.0 Å². The summed E-state index contributed by atoms with van der Waals surface area (Å²) in [6, 6.07) is 17.1. The van der Waals surface area contributed by atoms with Crippen molar-refractivity contribution < 1.29 is 9.59 Å². The maximum Gasteiger partial charge on any atom is 0.248 e. The number of nitrogens with zero attached hydrogens (tertiary/aromatic N) is 2. The van der Waals surface area contributed by atoms with Gasteiger partial charge in [0.25, 0.3) is 0 Å². The molecule has 0 aliphatic rings. The van der Waals surface area contributed by atoms with Crippen molar-refractivity contribution in [1.29, 1.82) is 0 Å².